The van der Waals surface area contributed by atoms with Crippen LogP contribution in [0.3, 0.4) is 0 Å². The van der Waals surface area contributed by atoms with E-state index in [2.05, 4.69) is 10.5 Å². The first-order chi connectivity index (χ1) is 13.5. The number of hydrazone groups is 1. The molecule has 0 heterocycles. The van der Waals surface area contributed by atoms with Crippen LogP contribution in [0.5, 0.6) is 23.0 Å². The number of carbonyl (C=O) groups excluding carboxylic acids is 1. The van der Waals surface area contributed by atoms with Crippen LogP contribution < -0.4 is 24.4 Å². The lowest BCUT2D eigenvalue weighted by Crippen LogP contribution is -2.24. The molecule has 0 radical (unpaired) electrons. The van der Waals surface area contributed by atoms with Crippen molar-refractivity contribution in [2.24, 2.45) is 5.10 Å². The summed E-state index contributed by atoms with van der Waals surface area (Å²) in [5, 5.41) is 14.7. The Morgan fingerprint density at radius 1 is 1.11 bits per heavy atom. The van der Waals surface area contributed by atoms with Gasteiger partial charge in [-0.25, -0.2) is 5.43 Å². The Bertz CT molecular complexity index is 858. The fourth-order valence-electron chi connectivity index (χ4n) is 2.26. The standard InChI is InChI=1S/C18H19N3O7/c1-25-15-8-12(9-16(26-2)18(15)27-3)10-19-20-17(22)11-28-14-7-5-4-6-13(14)21(23)24/h4-10H,11H2,1-3H3,(H,20,22)/b19-10+. The number of methoxy groups -OCH3 is 3. The molecule has 0 atom stereocenters. The van der Waals surface area contributed by atoms with Crippen molar-refractivity contribution in [1.82, 2.24) is 5.43 Å². The predicted octanol–water partition coefficient (Wildman–Crippen LogP) is 2.15. The van der Waals surface area contributed by atoms with Crippen LogP contribution in [-0.2, 0) is 4.79 Å². The minimum absolute atomic E-state index is 0.00347. The van der Waals surface area contributed by atoms with Gasteiger partial charge >= 0.3 is 5.69 Å². The number of amides is 1. The van der Waals surface area contributed by atoms with Crippen LogP contribution in [0.4, 0.5) is 5.69 Å². The number of hydrogen-bond donors (Lipinski definition) is 1. The molecule has 0 saturated heterocycles. The average Bonchev–Trinajstić information content (AvgIpc) is 2.71. The van der Waals surface area contributed by atoms with Crippen molar-refractivity contribution in [3.63, 3.8) is 0 Å². The highest BCUT2D eigenvalue weighted by atomic mass is 16.6. The van der Waals surface area contributed by atoms with Gasteiger partial charge in [-0.05, 0) is 18.2 Å². The lowest BCUT2D eigenvalue weighted by atomic mass is 10.2. The summed E-state index contributed by atoms with van der Waals surface area (Å²) in [7, 11) is 4.46. The topological polar surface area (TPSA) is 122 Å². The van der Waals surface area contributed by atoms with Crippen molar-refractivity contribution < 1.29 is 28.7 Å². The maximum absolute atomic E-state index is 11.8. The Morgan fingerprint density at radius 3 is 2.32 bits per heavy atom. The summed E-state index contributed by atoms with van der Waals surface area (Å²) in [5.41, 5.74) is 2.64. The molecule has 0 unspecified atom stereocenters. The van der Waals surface area contributed by atoms with E-state index in [-0.39, 0.29) is 11.4 Å². The van der Waals surface area contributed by atoms with Gasteiger partial charge in [-0.1, -0.05) is 12.1 Å². The molecule has 2 aromatic carbocycles. The summed E-state index contributed by atoms with van der Waals surface area (Å²) in [5.74, 6) is 0.728. The minimum atomic E-state index is -0.587. The normalized spacial score (nSPS) is 10.4. The summed E-state index contributed by atoms with van der Waals surface area (Å²) < 4.78 is 20.9. The van der Waals surface area contributed by atoms with Gasteiger partial charge in [0.25, 0.3) is 5.91 Å². The minimum Gasteiger partial charge on any atom is -0.493 e. The Balaban J connectivity index is 1.99. The molecule has 0 spiro atoms. The van der Waals surface area contributed by atoms with E-state index in [0.29, 0.717) is 22.8 Å². The van der Waals surface area contributed by atoms with Crippen molar-refractivity contribution in [3.8, 4) is 23.0 Å². The number of hydrogen-bond acceptors (Lipinski definition) is 8. The molecule has 0 aliphatic carbocycles. The van der Waals surface area contributed by atoms with Crippen LogP contribution in [-0.4, -0.2) is 45.0 Å². The molecule has 2 aromatic rings. The van der Waals surface area contributed by atoms with Gasteiger partial charge < -0.3 is 18.9 Å². The quantitative estimate of drug-likeness (QED) is 0.396. The number of carbonyl (C=O) groups is 1. The van der Waals surface area contributed by atoms with E-state index in [1.165, 1.54) is 45.7 Å². The van der Waals surface area contributed by atoms with Crippen LogP contribution in [0.15, 0.2) is 41.5 Å². The van der Waals surface area contributed by atoms with E-state index in [4.69, 9.17) is 18.9 Å². The average molecular weight is 389 g/mol. The zero-order valence-electron chi connectivity index (χ0n) is 15.5. The van der Waals surface area contributed by atoms with Crippen LogP contribution in [0.1, 0.15) is 5.56 Å². The molecule has 1 amide bonds. The SMILES string of the molecule is COc1cc(/C=N/NC(=O)COc2ccccc2[N+](=O)[O-])cc(OC)c1OC. The second-order valence-electron chi connectivity index (χ2n) is 5.27. The molecule has 28 heavy (non-hydrogen) atoms. The molecule has 1 N–H and O–H groups in total. The molecule has 0 bridgehead atoms. The summed E-state index contributed by atoms with van der Waals surface area (Å²) in [6, 6.07) is 9.08. The number of ether oxygens (including phenoxy) is 4. The fraction of sp³-hybridized carbons (Fsp3) is 0.222. The predicted molar refractivity (Wildman–Crippen MR) is 100 cm³/mol. The third-order valence-electron chi connectivity index (χ3n) is 3.51. The monoisotopic (exact) mass is 389 g/mol. The number of nitrogens with one attached hydrogen (secondary N) is 1. The summed E-state index contributed by atoms with van der Waals surface area (Å²) in [6.45, 7) is -0.433. The van der Waals surface area contributed by atoms with Crippen LogP contribution in [0.25, 0.3) is 0 Å². The van der Waals surface area contributed by atoms with Gasteiger partial charge in [-0.3, -0.25) is 14.9 Å². The van der Waals surface area contributed by atoms with Crippen LogP contribution in [0, 0.1) is 10.1 Å². The molecule has 0 saturated carbocycles. The van der Waals surface area contributed by atoms with Gasteiger partial charge in [-0.15, -0.1) is 0 Å². The highest BCUT2D eigenvalue weighted by Gasteiger charge is 2.15. The first-order valence-electron chi connectivity index (χ1n) is 7.98. The van der Waals surface area contributed by atoms with Crippen molar-refractivity contribution in [2.75, 3.05) is 27.9 Å². The third kappa shape index (κ3) is 5.10. The first kappa shape index (κ1) is 20.5. The highest BCUT2D eigenvalue weighted by Crippen LogP contribution is 2.37. The number of nitrogens with zero attached hydrogens (tertiary/aromatic N) is 2. The molecule has 0 aromatic heterocycles. The van der Waals surface area contributed by atoms with Gasteiger partial charge in [0.05, 0.1) is 32.5 Å². The summed E-state index contributed by atoms with van der Waals surface area (Å²) in [4.78, 5) is 22.2. The third-order valence-corrected chi connectivity index (χ3v) is 3.51. The van der Waals surface area contributed by atoms with Crippen LogP contribution >= 0.6 is 0 Å². The Hall–Kier alpha value is -3.82. The molecule has 0 aliphatic heterocycles. The van der Waals surface area contributed by atoms with E-state index < -0.39 is 17.4 Å². The number of rotatable bonds is 9. The van der Waals surface area contributed by atoms with E-state index >= 15 is 0 Å². The number of nitro groups is 1. The molecule has 148 valence electrons. The maximum atomic E-state index is 11.8. The molecule has 0 aliphatic rings. The first-order valence-corrected chi connectivity index (χ1v) is 7.98. The molecule has 2 rings (SSSR count). The highest BCUT2D eigenvalue weighted by molar-refractivity contribution is 5.84. The van der Waals surface area contributed by atoms with Crippen molar-refractivity contribution in [1.29, 1.82) is 0 Å². The second kappa shape index (κ2) is 9.76. The van der Waals surface area contributed by atoms with E-state index in [1.807, 2.05) is 0 Å². The van der Waals surface area contributed by atoms with Gasteiger partial charge in [0.2, 0.25) is 5.75 Å². The van der Waals surface area contributed by atoms with Gasteiger partial charge in [-0.2, -0.15) is 5.10 Å². The lowest BCUT2D eigenvalue weighted by Gasteiger charge is -2.12. The Labute approximate surface area is 160 Å². The maximum Gasteiger partial charge on any atom is 0.310 e. The largest absolute Gasteiger partial charge is 0.493 e. The van der Waals surface area contributed by atoms with E-state index in [0.717, 1.165) is 0 Å². The van der Waals surface area contributed by atoms with Crippen molar-refractivity contribution >= 4 is 17.8 Å². The summed E-state index contributed by atoms with van der Waals surface area (Å²) in [6.07, 6.45) is 1.38. The van der Waals surface area contributed by atoms with Crippen LogP contribution in [0.2, 0.25) is 0 Å². The smallest absolute Gasteiger partial charge is 0.310 e. The Morgan fingerprint density at radius 2 is 1.75 bits per heavy atom. The van der Waals surface area contributed by atoms with E-state index in [1.54, 1.807) is 18.2 Å². The molecule has 10 nitrogen and oxygen atoms in total. The molecular formula is C18H19N3O7. The van der Waals surface area contributed by atoms with Gasteiger partial charge in [0.1, 0.15) is 0 Å². The van der Waals surface area contributed by atoms with Gasteiger partial charge in [0, 0.05) is 11.6 Å². The van der Waals surface area contributed by atoms with Crippen molar-refractivity contribution in [2.45, 2.75) is 0 Å². The molecule has 10 heteroatoms. The molecule has 0 fully saturated rings. The van der Waals surface area contributed by atoms with Crippen molar-refractivity contribution in [3.05, 3.63) is 52.1 Å². The number of nitro benzene ring substituents is 1. The summed E-state index contributed by atoms with van der Waals surface area (Å²) >= 11 is 0. The molecular weight excluding hydrogens is 370 g/mol. The zero-order chi connectivity index (χ0) is 20.5. The van der Waals surface area contributed by atoms with Gasteiger partial charge in [0.15, 0.2) is 23.9 Å². The lowest BCUT2D eigenvalue weighted by molar-refractivity contribution is -0.385. The number of para-hydroxylation sites is 2. The number of benzene rings is 2. The zero-order valence-corrected chi connectivity index (χ0v) is 15.5. The van der Waals surface area contributed by atoms with E-state index in [9.17, 15) is 14.9 Å². The fourth-order valence-corrected chi connectivity index (χ4v) is 2.26. The second-order valence-corrected chi connectivity index (χ2v) is 5.27. The Kier molecular flexibility index (Phi) is 7.14.